The maximum absolute atomic E-state index is 12.7. The van der Waals surface area contributed by atoms with Gasteiger partial charge in [-0.3, -0.25) is 13.8 Å². The normalized spacial score (nSPS) is 14.9. The van der Waals surface area contributed by atoms with Crippen LogP contribution in [0.3, 0.4) is 0 Å². The molecule has 0 aliphatic heterocycles. The maximum atomic E-state index is 12.7. The van der Waals surface area contributed by atoms with Crippen molar-refractivity contribution in [1.29, 1.82) is 0 Å². The smallest absolute Gasteiger partial charge is 0.387 e. The Morgan fingerprint density at radius 1 is 0.642 bits per heavy atom. The van der Waals surface area contributed by atoms with Crippen molar-refractivity contribution in [3.63, 3.8) is 0 Å². The Hall–Kier alpha value is -2.06. The summed E-state index contributed by atoms with van der Waals surface area (Å²) in [7, 11) is -4.35. The molecule has 0 saturated heterocycles. The highest BCUT2D eigenvalue weighted by molar-refractivity contribution is 7.47. The second-order valence-corrected chi connectivity index (χ2v) is 15.3. The van der Waals surface area contributed by atoms with Crippen molar-refractivity contribution in [2.45, 2.75) is 180 Å². The SMILES string of the molecule is CC/C=C\C/C=C\C/C=C\C/C=C\C/C=C\CCCCCCCC(=O)NC(COP(=O)(O)OCCN)C(O)/C=C/CCCCCCCCCCCCC. The molecule has 0 spiro atoms. The van der Waals surface area contributed by atoms with E-state index in [1.54, 1.807) is 6.08 Å². The highest BCUT2D eigenvalue weighted by Gasteiger charge is 2.26. The lowest BCUT2D eigenvalue weighted by molar-refractivity contribution is -0.123. The van der Waals surface area contributed by atoms with E-state index in [0.717, 1.165) is 89.9 Å². The number of amides is 1. The zero-order valence-corrected chi connectivity index (χ0v) is 34.6. The highest BCUT2D eigenvalue weighted by Crippen LogP contribution is 2.43. The molecule has 3 atom stereocenters. The van der Waals surface area contributed by atoms with Crippen molar-refractivity contribution < 1.29 is 28.4 Å². The molecule has 306 valence electrons. The van der Waals surface area contributed by atoms with Crippen LogP contribution in [0.5, 0.6) is 0 Å². The number of aliphatic hydroxyl groups is 1. The van der Waals surface area contributed by atoms with Crippen LogP contribution in [0.1, 0.15) is 168 Å². The van der Waals surface area contributed by atoms with Gasteiger partial charge in [0, 0.05) is 13.0 Å². The topological polar surface area (TPSA) is 131 Å². The summed E-state index contributed by atoms with van der Waals surface area (Å²) >= 11 is 0. The predicted octanol–water partition coefficient (Wildman–Crippen LogP) is 11.7. The molecule has 0 rings (SSSR count). The molecule has 8 nitrogen and oxygen atoms in total. The fourth-order valence-corrected chi connectivity index (χ4v) is 6.39. The Labute approximate surface area is 325 Å². The third-order valence-corrected chi connectivity index (χ3v) is 9.77. The molecule has 0 aromatic carbocycles. The minimum Gasteiger partial charge on any atom is -0.387 e. The average Bonchev–Trinajstić information content (AvgIpc) is 3.14. The van der Waals surface area contributed by atoms with Crippen LogP contribution < -0.4 is 11.1 Å². The van der Waals surface area contributed by atoms with E-state index >= 15 is 0 Å². The number of phosphoric ester groups is 1. The van der Waals surface area contributed by atoms with Crippen molar-refractivity contribution in [2.75, 3.05) is 19.8 Å². The maximum Gasteiger partial charge on any atom is 0.472 e. The van der Waals surface area contributed by atoms with Gasteiger partial charge in [-0.15, -0.1) is 0 Å². The average molecular weight is 763 g/mol. The molecule has 3 unspecified atom stereocenters. The van der Waals surface area contributed by atoms with Crippen molar-refractivity contribution in [2.24, 2.45) is 5.73 Å². The monoisotopic (exact) mass is 763 g/mol. The molecule has 0 saturated carbocycles. The van der Waals surface area contributed by atoms with E-state index in [1.165, 1.54) is 57.8 Å². The molecule has 5 N–H and O–H groups in total. The third-order valence-electron chi connectivity index (χ3n) is 8.79. The van der Waals surface area contributed by atoms with Gasteiger partial charge in [0.25, 0.3) is 0 Å². The molecular formula is C44H79N2O6P. The van der Waals surface area contributed by atoms with Gasteiger partial charge >= 0.3 is 7.82 Å². The van der Waals surface area contributed by atoms with Crippen molar-refractivity contribution in [3.8, 4) is 0 Å². The summed E-state index contributed by atoms with van der Waals surface area (Å²) in [5.74, 6) is -0.217. The number of carbonyl (C=O) groups excluding carboxylic acids is 1. The Morgan fingerprint density at radius 3 is 1.60 bits per heavy atom. The summed E-state index contributed by atoms with van der Waals surface area (Å²) in [6.07, 6.45) is 50.9. The number of nitrogens with one attached hydrogen (secondary N) is 1. The molecule has 0 bridgehead atoms. The molecule has 0 aromatic rings. The summed E-state index contributed by atoms with van der Waals surface area (Å²) in [5, 5.41) is 13.6. The molecule has 0 aliphatic rings. The Morgan fingerprint density at radius 2 is 1.09 bits per heavy atom. The molecule has 1 amide bonds. The fraction of sp³-hybridized carbons (Fsp3) is 0.705. The van der Waals surface area contributed by atoms with Crippen molar-refractivity contribution in [1.82, 2.24) is 5.32 Å². The minimum atomic E-state index is -4.35. The van der Waals surface area contributed by atoms with E-state index in [9.17, 15) is 19.4 Å². The molecule has 0 heterocycles. The van der Waals surface area contributed by atoms with Crippen LogP contribution in [0.2, 0.25) is 0 Å². The van der Waals surface area contributed by atoms with Crippen molar-refractivity contribution in [3.05, 3.63) is 72.9 Å². The quantitative estimate of drug-likeness (QED) is 0.0280. The summed E-state index contributed by atoms with van der Waals surface area (Å²) in [6, 6.07) is -0.874. The molecule has 0 fully saturated rings. The molecule has 53 heavy (non-hydrogen) atoms. The first-order valence-electron chi connectivity index (χ1n) is 21.1. The van der Waals surface area contributed by atoms with Gasteiger partial charge in [0.15, 0.2) is 0 Å². The van der Waals surface area contributed by atoms with E-state index in [0.29, 0.717) is 6.42 Å². The van der Waals surface area contributed by atoms with Crippen LogP contribution in [0.15, 0.2) is 72.9 Å². The highest BCUT2D eigenvalue weighted by atomic mass is 31.2. The van der Waals surface area contributed by atoms with Gasteiger partial charge in [-0.25, -0.2) is 4.57 Å². The largest absolute Gasteiger partial charge is 0.472 e. The molecule has 0 aromatic heterocycles. The number of carbonyl (C=O) groups is 1. The zero-order chi connectivity index (χ0) is 38.9. The number of hydrogen-bond acceptors (Lipinski definition) is 6. The Bertz CT molecular complexity index is 1050. The minimum absolute atomic E-state index is 0.0713. The third kappa shape index (κ3) is 38.0. The standard InChI is InChI=1S/C44H79N2O6P/c1-3-5-7-9-11-13-15-17-18-19-20-21-22-23-24-26-28-30-32-34-36-38-44(48)46-42(41-52-53(49,50)51-40-39-45)43(47)37-35-33-31-29-27-25-16-14-12-10-8-6-4-2/h5,7,11,13,17-18,20-21,23-24,35,37,42-43,47H,3-4,6,8-10,12,14-16,19,22,25-34,36,38-41,45H2,1-2H3,(H,46,48)(H,49,50)/b7-5-,13-11-,18-17-,21-20-,24-23-,37-35+. The Kier molecular flexibility index (Phi) is 38.1. The van der Waals surface area contributed by atoms with Gasteiger partial charge in [-0.2, -0.15) is 0 Å². The Balaban J connectivity index is 4.28. The number of phosphoric acid groups is 1. The molecule has 9 heteroatoms. The lowest BCUT2D eigenvalue weighted by atomic mass is 10.0. The summed E-state index contributed by atoms with van der Waals surface area (Å²) in [4.78, 5) is 22.7. The van der Waals surface area contributed by atoms with Crippen LogP contribution in [-0.2, 0) is 18.4 Å². The van der Waals surface area contributed by atoms with Crippen LogP contribution in [-0.4, -0.2) is 47.8 Å². The number of allylic oxidation sites excluding steroid dienone is 11. The van der Waals surface area contributed by atoms with Gasteiger partial charge < -0.3 is 21.1 Å². The van der Waals surface area contributed by atoms with Gasteiger partial charge in [-0.1, -0.05) is 170 Å². The van der Waals surface area contributed by atoms with Crippen LogP contribution in [0, 0.1) is 0 Å². The van der Waals surface area contributed by atoms with Gasteiger partial charge in [0.1, 0.15) is 0 Å². The van der Waals surface area contributed by atoms with Gasteiger partial charge in [0.05, 0.1) is 25.4 Å². The first-order chi connectivity index (χ1) is 25.9. The number of aliphatic hydroxyl groups excluding tert-OH is 1. The zero-order valence-electron chi connectivity index (χ0n) is 33.7. The fourth-order valence-electron chi connectivity index (χ4n) is 5.63. The van der Waals surface area contributed by atoms with Crippen molar-refractivity contribution >= 4 is 13.7 Å². The summed E-state index contributed by atoms with van der Waals surface area (Å²) < 4.78 is 22.1. The predicted molar refractivity (Wildman–Crippen MR) is 226 cm³/mol. The molecular weight excluding hydrogens is 683 g/mol. The van der Waals surface area contributed by atoms with Crippen LogP contribution in [0.4, 0.5) is 0 Å². The van der Waals surface area contributed by atoms with Gasteiger partial charge in [-0.05, 0) is 64.2 Å². The number of rotatable bonds is 38. The number of nitrogens with two attached hydrogens (primary N) is 1. The molecule has 0 aliphatic carbocycles. The second-order valence-electron chi connectivity index (χ2n) is 13.8. The van der Waals surface area contributed by atoms with E-state index in [4.69, 9.17) is 14.8 Å². The van der Waals surface area contributed by atoms with Crippen LogP contribution >= 0.6 is 7.82 Å². The molecule has 0 radical (unpaired) electrons. The summed E-state index contributed by atoms with van der Waals surface area (Å²) in [6.45, 7) is 3.98. The first-order valence-corrected chi connectivity index (χ1v) is 22.6. The lowest BCUT2D eigenvalue weighted by Gasteiger charge is -2.23. The van der Waals surface area contributed by atoms with E-state index < -0.39 is 20.0 Å². The lowest BCUT2D eigenvalue weighted by Crippen LogP contribution is -2.45. The number of hydrogen-bond donors (Lipinski definition) is 4. The number of unbranched alkanes of at least 4 members (excludes halogenated alkanes) is 16. The van der Waals surface area contributed by atoms with E-state index in [2.05, 4.69) is 79.9 Å². The van der Waals surface area contributed by atoms with E-state index in [-0.39, 0.29) is 25.7 Å². The van der Waals surface area contributed by atoms with Gasteiger partial charge in [0.2, 0.25) is 5.91 Å². The summed E-state index contributed by atoms with van der Waals surface area (Å²) in [5.41, 5.74) is 5.36. The van der Waals surface area contributed by atoms with E-state index in [1.807, 2.05) is 6.08 Å². The second kappa shape index (κ2) is 39.6. The first kappa shape index (κ1) is 50.9. The van der Waals surface area contributed by atoms with Crippen LogP contribution in [0.25, 0.3) is 0 Å².